The van der Waals surface area contributed by atoms with E-state index in [0.717, 1.165) is 12.8 Å². The van der Waals surface area contributed by atoms with Crippen molar-refractivity contribution in [1.29, 1.82) is 0 Å². The molecule has 1 amide bonds. The van der Waals surface area contributed by atoms with E-state index in [1.165, 1.54) is 4.57 Å². The number of aromatic nitrogens is 4. The smallest absolute Gasteiger partial charge is 0.408 e. The zero-order valence-corrected chi connectivity index (χ0v) is 24.7. The highest BCUT2D eigenvalue weighted by atomic mass is 19.3. The van der Waals surface area contributed by atoms with Crippen LogP contribution in [-0.2, 0) is 14.3 Å². The number of fused-ring (bicyclic) bond motifs is 1. The first-order valence-electron chi connectivity index (χ1n) is 14.7. The third-order valence-electron chi connectivity index (χ3n) is 7.41. The predicted octanol–water partition coefficient (Wildman–Crippen LogP) is 5.01. The van der Waals surface area contributed by atoms with Gasteiger partial charge in [0.15, 0.2) is 11.6 Å². The number of para-hydroxylation sites is 2. The second-order valence-corrected chi connectivity index (χ2v) is 11.9. The summed E-state index contributed by atoms with van der Waals surface area (Å²) in [4.78, 5) is 39.8. The number of benzene rings is 1. The van der Waals surface area contributed by atoms with Crippen molar-refractivity contribution in [2.45, 2.75) is 71.0 Å². The molecule has 0 unspecified atom stereocenters. The van der Waals surface area contributed by atoms with Crippen molar-refractivity contribution >= 4 is 28.9 Å². The molecule has 1 aliphatic carbocycles. The summed E-state index contributed by atoms with van der Waals surface area (Å²) in [5, 5.41) is 2.53. The van der Waals surface area contributed by atoms with E-state index in [9.17, 15) is 18.4 Å². The van der Waals surface area contributed by atoms with Crippen molar-refractivity contribution in [3.8, 4) is 11.7 Å². The molecule has 1 saturated heterocycles. The highest BCUT2D eigenvalue weighted by Crippen LogP contribution is 2.32. The second kappa shape index (κ2) is 13.2. The van der Waals surface area contributed by atoms with E-state index < -0.39 is 23.9 Å². The molecule has 0 atom stereocenters. The molecule has 0 bridgehead atoms. The second-order valence-electron chi connectivity index (χ2n) is 11.9. The van der Waals surface area contributed by atoms with Crippen molar-refractivity contribution in [2.75, 3.05) is 37.7 Å². The Bertz CT molecular complexity index is 1430. The average molecular weight is 601 g/mol. The lowest BCUT2D eigenvalue weighted by Gasteiger charge is -2.30. The average Bonchev–Trinajstić information content (AvgIpc) is 3.37. The number of Topliss-reactive ketones (excluding diaryl/α,β-unsaturated/α-hetero) is 1. The predicted molar refractivity (Wildman–Crippen MR) is 155 cm³/mol. The number of carbonyl (C=O) groups excluding carboxylic acids is 2. The summed E-state index contributed by atoms with van der Waals surface area (Å²) in [6.45, 7) is 7.38. The molecule has 0 radical (unpaired) electrons. The Kier molecular flexibility index (Phi) is 9.38. The summed E-state index contributed by atoms with van der Waals surface area (Å²) in [5.41, 5.74) is 0.333. The lowest BCUT2D eigenvalue weighted by atomic mass is 9.84. The lowest BCUT2D eigenvalue weighted by Crippen LogP contribution is -2.37. The Morgan fingerprint density at radius 2 is 1.79 bits per heavy atom. The van der Waals surface area contributed by atoms with Crippen LogP contribution >= 0.6 is 0 Å². The number of amides is 1. The van der Waals surface area contributed by atoms with Gasteiger partial charge in [-0.1, -0.05) is 12.1 Å². The highest BCUT2D eigenvalue weighted by molar-refractivity contribution is 5.84. The third kappa shape index (κ3) is 7.95. The Balaban J connectivity index is 1.28. The van der Waals surface area contributed by atoms with Crippen LogP contribution in [0.3, 0.4) is 0 Å². The first-order valence-corrected chi connectivity index (χ1v) is 14.7. The normalized spacial score (nSPS) is 19.4. The molecule has 232 valence electrons. The van der Waals surface area contributed by atoms with Crippen LogP contribution in [-0.4, -0.2) is 75.9 Å². The zero-order chi connectivity index (χ0) is 30.6. The van der Waals surface area contributed by atoms with Crippen LogP contribution in [0, 0.1) is 5.92 Å². The van der Waals surface area contributed by atoms with E-state index >= 15 is 0 Å². The van der Waals surface area contributed by atoms with Crippen molar-refractivity contribution < 1.29 is 32.6 Å². The molecule has 1 aliphatic heterocycles. The number of carbonyl (C=O) groups is 2. The van der Waals surface area contributed by atoms with Gasteiger partial charge in [0.1, 0.15) is 17.5 Å². The van der Waals surface area contributed by atoms with Gasteiger partial charge in [-0.3, -0.25) is 9.36 Å². The molecule has 1 aromatic carbocycles. The van der Waals surface area contributed by atoms with Gasteiger partial charge in [0, 0.05) is 25.6 Å². The SMILES string of the molecule is CC(C)(C)OC(=O)NCC(=O)CC1CCC(Oc2cc(-n3c(C(F)F)nc4ccccc43)nc(N3CCOCC3)n2)CC1. The molecule has 5 rings (SSSR count). The number of alkyl halides is 2. The number of alkyl carbamates (subject to hydrolysis) is 1. The summed E-state index contributed by atoms with van der Waals surface area (Å²) >= 11 is 0. The molecule has 3 aromatic rings. The molecular formula is C30H38F2N6O5. The molecular weight excluding hydrogens is 562 g/mol. The number of morpholine rings is 1. The number of halogens is 2. The quantitative estimate of drug-likeness (QED) is 0.361. The third-order valence-corrected chi connectivity index (χ3v) is 7.41. The fourth-order valence-electron chi connectivity index (χ4n) is 5.42. The molecule has 1 N–H and O–H groups in total. The van der Waals surface area contributed by atoms with Crippen LogP contribution in [0.25, 0.3) is 16.9 Å². The monoisotopic (exact) mass is 600 g/mol. The van der Waals surface area contributed by atoms with Gasteiger partial charge in [-0.15, -0.1) is 0 Å². The van der Waals surface area contributed by atoms with E-state index in [0.29, 0.717) is 68.4 Å². The number of hydrogen-bond donors (Lipinski definition) is 1. The van der Waals surface area contributed by atoms with Crippen molar-refractivity contribution in [1.82, 2.24) is 24.8 Å². The summed E-state index contributed by atoms with van der Waals surface area (Å²) in [6, 6.07) is 8.53. The zero-order valence-electron chi connectivity index (χ0n) is 24.7. The summed E-state index contributed by atoms with van der Waals surface area (Å²) < 4.78 is 46.6. The number of nitrogens with zero attached hydrogens (tertiary/aromatic N) is 5. The first-order chi connectivity index (χ1) is 20.6. The molecule has 0 spiro atoms. The highest BCUT2D eigenvalue weighted by Gasteiger charge is 2.27. The fraction of sp³-hybridized carbons (Fsp3) is 0.567. The summed E-state index contributed by atoms with van der Waals surface area (Å²) in [7, 11) is 0. The minimum absolute atomic E-state index is 0.0479. The minimum atomic E-state index is -2.81. The van der Waals surface area contributed by atoms with Crippen LogP contribution in [0.5, 0.6) is 5.88 Å². The number of hydrogen-bond acceptors (Lipinski definition) is 9. The van der Waals surface area contributed by atoms with Crippen molar-refractivity contribution in [3.63, 3.8) is 0 Å². The van der Waals surface area contributed by atoms with Gasteiger partial charge in [-0.05, 0) is 64.5 Å². The Hall–Kier alpha value is -3.87. The number of nitrogens with one attached hydrogen (secondary N) is 1. The Labute approximate surface area is 248 Å². The number of ether oxygens (including phenoxy) is 3. The number of ketones is 1. The molecule has 3 heterocycles. The van der Waals surface area contributed by atoms with E-state index in [2.05, 4.69) is 20.3 Å². The van der Waals surface area contributed by atoms with Gasteiger partial charge in [0.2, 0.25) is 11.8 Å². The van der Waals surface area contributed by atoms with E-state index in [1.54, 1.807) is 51.1 Å². The number of rotatable bonds is 9. The maximum Gasteiger partial charge on any atom is 0.408 e. The van der Waals surface area contributed by atoms with Crippen molar-refractivity contribution in [2.24, 2.45) is 5.92 Å². The van der Waals surface area contributed by atoms with E-state index in [4.69, 9.17) is 14.2 Å². The van der Waals surface area contributed by atoms with Gasteiger partial charge < -0.3 is 24.4 Å². The summed E-state index contributed by atoms with van der Waals surface area (Å²) in [5.74, 6) is 0.672. The number of anilines is 1. The van der Waals surface area contributed by atoms with Gasteiger partial charge in [-0.25, -0.2) is 18.6 Å². The van der Waals surface area contributed by atoms with Crippen LogP contribution in [0.1, 0.15) is 65.1 Å². The molecule has 43 heavy (non-hydrogen) atoms. The Morgan fingerprint density at radius 3 is 2.49 bits per heavy atom. The van der Waals surface area contributed by atoms with Gasteiger partial charge >= 0.3 is 6.09 Å². The largest absolute Gasteiger partial charge is 0.474 e. The summed E-state index contributed by atoms with van der Waals surface area (Å²) in [6.07, 6.45) is -0.234. The fourth-order valence-corrected chi connectivity index (χ4v) is 5.42. The maximum absolute atomic E-state index is 14.1. The number of imidazole rings is 1. The van der Waals surface area contributed by atoms with Crippen LogP contribution in [0.2, 0.25) is 0 Å². The standard InChI is InChI=1S/C30H38F2N6O5/c1-30(2,3)43-29(40)33-18-20(39)16-19-8-10-21(11-9-19)42-25-17-24(35-28(36-25)37-12-14-41-15-13-37)38-23-7-5-4-6-22(23)34-27(38)26(31)32/h4-7,17,19,21,26H,8-16,18H2,1-3H3,(H,33,40). The molecule has 2 fully saturated rings. The van der Waals surface area contributed by atoms with Crippen LogP contribution in [0.4, 0.5) is 19.5 Å². The topological polar surface area (TPSA) is 121 Å². The minimum Gasteiger partial charge on any atom is -0.474 e. The van der Waals surface area contributed by atoms with Crippen LogP contribution in [0.15, 0.2) is 30.3 Å². The lowest BCUT2D eigenvalue weighted by molar-refractivity contribution is -0.119. The Morgan fingerprint density at radius 1 is 1.07 bits per heavy atom. The molecule has 2 aliphatic rings. The molecule has 11 nitrogen and oxygen atoms in total. The van der Waals surface area contributed by atoms with Gasteiger partial charge in [-0.2, -0.15) is 9.97 Å². The van der Waals surface area contributed by atoms with Crippen molar-refractivity contribution in [3.05, 3.63) is 36.2 Å². The molecule has 1 saturated carbocycles. The van der Waals surface area contributed by atoms with Gasteiger partial charge in [0.25, 0.3) is 6.43 Å². The van der Waals surface area contributed by atoms with E-state index in [-0.39, 0.29) is 30.2 Å². The first kappa shape index (κ1) is 30.6. The maximum atomic E-state index is 14.1. The molecule has 2 aromatic heterocycles. The van der Waals surface area contributed by atoms with Gasteiger partial charge in [0.05, 0.1) is 30.8 Å². The van der Waals surface area contributed by atoms with E-state index in [1.807, 2.05) is 4.90 Å². The van der Waals surface area contributed by atoms with Crippen LogP contribution < -0.4 is 15.0 Å². The molecule has 13 heteroatoms.